The van der Waals surface area contributed by atoms with Crippen LogP contribution in [0.15, 0.2) is 12.1 Å². The summed E-state index contributed by atoms with van der Waals surface area (Å²) < 4.78 is 16.0. The summed E-state index contributed by atoms with van der Waals surface area (Å²) in [5, 5.41) is 2.99. The number of methoxy groups -OCH3 is 3. The fraction of sp³-hybridized carbons (Fsp3) is 0.562. The summed E-state index contributed by atoms with van der Waals surface area (Å²) in [4.78, 5) is 12.1. The third-order valence-electron chi connectivity index (χ3n) is 3.96. The van der Waals surface area contributed by atoms with Crippen LogP contribution in [0.25, 0.3) is 0 Å². The molecule has 21 heavy (non-hydrogen) atoms. The number of rotatable bonds is 6. The molecule has 1 aromatic rings. The molecule has 1 aliphatic carbocycles. The van der Waals surface area contributed by atoms with Crippen LogP contribution in [0.4, 0.5) is 0 Å². The number of hydrogen-bond acceptors (Lipinski definition) is 4. The summed E-state index contributed by atoms with van der Waals surface area (Å²) in [5.41, 5.74) is 0.876. The van der Waals surface area contributed by atoms with E-state index >= 15 is 0 Å². The Bertz CT molecular complexity index is 495. The highest BCUT2D eigenvalue weighted by atomic mass is 16.5. The Morgan fingerprint density at radius 3 is 2.33 bits per heavy atom. The number of nitrogens with one attached hydrogen (secondary N) is 1. The summed E-state index contributed by atoms with van der Waals surface area (Å²) in [6.45, 7) is 0.429. The van der Waals surface area contributed by atoms with Crippen molar-refractivity contribution < 1.29 is 19.0 Å². The molecule has 5 heteroatoms. The van der Waals surface area contributed by atoms with Crippen LogP contribution in [0.5, 0.6) is 17.2 Å². The Morgan fingerprint density at radius 1 is 1.10 bits per heavy atom. The largest absolute Gasteiger partial charge is 0.493 e. The standard InChI is InChI=1S/C16H23NO4/c1-19-13-9-8-12(14(20-2)15(13)21-3)10-17-16(18)11-6-4-5-7-11/h8-9,11H,4-7,10H2,1-3H3,(H,17,18). The van der Waals surface area contributed by atoms with Crippen molar-refractivity contribution in [2.75, 3.05) is 21.3 Å². The molecule has 0 aromatic heterocycles. The molecule has 0 atom stereocenters. The zero-order valence-corrected chi connectivity index (χ0v) is 12.9. The van der Waals surface area contributed by atoms with Gasteiger partial charge in [-0.25, -0.2) is 0 Å². The lowest BCUT2D eigenvalue weighted by atomic mass is 10.1. The molecule has 2 rings (SSSR count). The van der Waals surface area contributed by atoms with Gasteiger partial charge >= 0.3 is 0 Å². The molecule has 1 aromatic carbocycles. The molecule has 0 bridgehead atoms. The van der Waals surface area contributed by atoms with E-state index in [1.807, 2.05) is 12.1 Å². The second kappa shape index (κ2) is 7.20. The first kappa shape index (κ1) is 15.5. The lowest BCUT2D eigenvalue weighted by molar-refractivity contribution is -0.124. The van der Waals surface area contributed by atoms with E-state index < -0.39 is 0 Å². The highest BCUT2D eigenvalue weighted by Crippen LogP contribution is 2.39. The van der Waals surface area contributed by atoms with E-state index in [0.717, 1.165) is 31.2 Å². The van der Waals surface area contributed by atoms with Crippen molar-refractivity contribution in [3.05, 3.63) is 17.7 Å². The van der Waals surface area contributed by atoms with Crippen molar-refractivity contribution in [2.24, 2.45) is 5.92 Å². The predicted molar refractivity (Wildman–Crippen MR) is 79.9 cm³/mol. The lowest BCUT2D eigenvalue weighted by Crippen LogP contribution is -2.28. The van der Waals surface area contributed by atoms with Crippen molar-refractivity contribution in [2.45, 2.75) is 32.2 Å². The minimum Gasteiger partial charge on any atom is -0.493 e. The van der Waals surface area contributed by atoms with Crippen LogP contribution >= 0.6 is 0 Å². The summed E-state index contributed by atoms with van der Waals surface area (Å²) in [5.74, 6) is 2.05. The molecule has 0 saturated heterocycles. The van der Waals surface area contributed by atoms with Crippen molar-refractivity contribution in [3.8, 4) is 17.2 Å². The highest BCUT2D eigenvalue weighted by Gasteiger charge is 2.23. The molecule has 1 N–H and O–H groups in total. The normalized spacial score (nSPS) is 14.8. The van der Waals surface area contributed by atoms with Crippen LogP contribution in [-0.4, -0.2) is 27.2 Å². The summed E-state index contributed by atoms with van der Waals surface area (Å²) >= 11 is 0. The smallest absolute Gasteiger partial charge is 0.223 e. The monoisotopic (exact) mass is 293 g/mol. The molecule has 1 saturated carbocycles. The lowest BCUT2D eigenvalue weighted by Gasteiger charge is -2.17. The van der Waals surface area contributed by atoms with Crippen molar-refractivity contribution in [3.63, 3.8) is 0 Å². The number of amides is 1. The maximum absolute atomic E-state index is 12.1. The number of ether oxygens (including phenoxy) is 3. The van der Waals surface area contributed by atoms with Gasteiger partial charge in [-0.05, 0) is 25.0 Å². The van der Waals surface area contributed by atoms with Gasteiger partial charge in [-0.2, -0.15) is 0 Å². The Balaban J connectivity index is 2.10. The molecule has 0 radical (unpaired) electrons. The van der Waals surface area contributed by atoms with Gasteiger partial charge in [0.1, 0.15) is 0 Å². The summed E-state index contributed by atoms with van der Waals surface area (Å²) in [6.07, 6.45) is 4.29. The average Bonchev–Trinajstić information content (AvgIpc) is 3.05. The second-order valence-electron chi connectivity index (χ2n) is 5.19. The third kappa shape index (κ3) is 3.40. The van der Waals surface area contributed by atoms with E-state index in [2.05, 4.69) is 5.32 Å². The quantitative estimate of drug-likeness (QED) is 0.875. The van der Waals surface area contributed by atoms with E-state index in [4.69, 9.17) is 14.2 Å². The SMILES string of the molecule is COc1ccc(CNC(=O)C2CCCC2)c(OC)c1OC. The minimum atomic E-state index is 0.129. The molecule has 0 heterocycles. The summed E-state index contributed by atoms with van der Waals surface area (Å²) in [6, 6.07) is 3.70. The number of carbonyl (C=O) groups is 1. The topological polar surface area (TPSA) is 56.8 Å². The van der Waals surface area contributed by atoms with Crippen LogP contribution in [0.1, 0.15) is 31.2 Å². The highest BCUT2D eigenvalue weighted by molar-refractivity contribution is 5.79. The van der Waals surface area contributed by atoms with E-state index in [-0.39, 0.29) is 11.8 Å². The first-order valence-corrected chi connectivity index (χ1v) is 7.26. The zero-order chi connectivity index (χ0) is 15.2. The fourth-order valence-electron chi connectivity index (χ4n) is 2.82. The fourth-order valence-corrected chi connectivity index (χ4v) is 2.82. The minimum absolute atomic E-state index is 0.129. The van der Waals surface area contributed by atoms with Crippen molar-refractivity contribution >= 4 is 5.91 Å². The molecule has 116 valence electrons. The molecule has 1 fully saturated rings. The maximum atomic E-state index is 12.1. The molecule has 5 nitrogen and oxygen atoms in total. The molecule has 0 spiro atoms. The Labute approximate surface area is 125 Å². The van der Waals surface area contributed by atoms with Crippen molar-refractivity contribution in [1.82, 2.24) is 5.32 Å². The molecular weight excluding hydrogens is 270 g/mol. The van der Waals surface area contributed by atoms with Crippen molar-refractivity contribution in [1.29, 1.82) is 0 Å². The van der Waals surface area contributed by atoms with Crippen LogP contribution in [0, 0.1) is 5.92 Å². The third-order valence-corrected chi connectivity index (χ3v) is 3.96. The van der Waals surface area contributed by atoms with Crippen LogP contribution in [0.3, 0.4) is 0 Å². The van der Waals surface area contributed by atoms with Gasteiger partial charge in [0.25, 0.3) is 0 Å². The van der Waals surface area contributed by atoms with E-state index in [0.29, 0.717) is 23.8 Å². The van der Waals surface area contributed by atoms with E-state index in [9.17, 15) is 4.79 Å². The molecule has 1 amide bonds. The maximum Gasteiger partial charge on any atom is 0.223 e. The first-order chi connectivity index (χ1) is 10.2. The van der Waals surface area contributed by atoms with Gasteiger partial charge in [0.2, 0.25) is 11.7 Å². The van der Waals surface area contributed by atoms with E-state index in [1.165, 1.54) is 0 Å². The summed E-state index contributed by atoms with van der Waals surface area (Å²) in [7, 11) is 4.74. The Kier molecular flexibility index (Phi) is 5.31. The number of benzene rings is 1. The van der Waals surface area contributed by atoms with Crippen LogP contribution in [0.2, 0.25) is 0 Å². The number of carbonyl (C=O) groups excluding carboxylic acids is 1. The van der Waals surface area contributed by atoms with Crippen LogP contribution in [-0.2, 0) is 11.3 Å². The van der Waals surface area contributed by atoms with E-state index in [1.54, 1.807) is 21.3 Å². The molecular formula is C16H23NO4. The second-order valence-corrected chi connectivity index (χ2v) is 5.19. The average molecular weight is 293 g/mol. The first-order valence-electron chi connectivity index (χ1n) is 7.26. The predicted octanol–water partition coefficient (Wildman–Crippen LogP) is 2.52. The Hall–Kier alpha value is -1.91. The molecule has 1 aliphatic rings. The van der Waals surface area contributed by atoms with Gasteiger partial charge in [-0.1, -0.05) is 12.8 Å². The van der Waals surface area contributed by atoms with Crippen LogP contribution < -0.4 is 19.5 Å². The van der Waals surface area contributed by atoms with Gasteiger partial charge in [0.05, 0.1) is 21.3 Å². The van der Waals surface area contributed by atoms with Gasteiger partial charge in [-0.3, -0.25) is 4.79 Å². The Morgan fingerprint density at radius 2 is 1.76 bits per heavy atom. The molecule has 0 aliphatic heterocycles. The number of hydrogen-bond donors (Lipinski definition) is 1. The zero-order valence-electron chi connectivity index (χ0n) is 12.9. The molecule has 0 unspecified atom stereocenters. The van der Waals surface area contributed by atoms with Gasteiger partial charge in [0, 0.05) is 18.0 Å². The van der Waals surface area contributed by atoms with Gasteiger partial charge < -0.3 is 19.5 Å². The van der Waals surface area contributed by atoms with Gasteiger partial charge in [-0.15, -0.1) is 0 Å². The van der Waals surface area contributed by atoms with Gasteiger partial charge in [0.15, 0.2) is 11.5 Å².